The molecule has 3 N–H and O–H groups in total. The number of rotatable bonds is 16. The van der Waals surface area contributed by atoms with E-state index in [1.54, 1.807) is 20.8 Å². The van der Waals surface area contributed by atoms with E-state index >= 15 is 0 Å². The van der Waals surface area contributed by atoms with E-state index in [1.165, 1.54) is 45.4 Å². The lowest BCUT2D eigenvalue weighted by Crippen LogP contribution is -2.40. The van der Waals surface area contributed by atoms with E-state index < -0.39 is 59.7 Å². The van der Waals surface area contributed by atoms with E-state index in [0.717, 1.165) is 6.07 Å². The Labute approximate surface area is 263 Å². The number of nitro benzene ring substituents is 1. The highest BCUT2D eigenvalue weighted by Gasteiger charge is 2.40. The zero-order valence-electron chi connectivity index (χ0n) is 26.2. The van der Waals surface area contributed by atoms with Crippen LogP contribution in [-0.4, -0.2) is 81.2 Å². The number of alkyl carbamates (subject to hydrolysis) is 1. The molecule has 0 saturated heterocycles. The quantitative estimate of drug-likeness (QED) is 0.0990. The molecule has 0 aliphatic carbocycles. The summed E-state index contributed by atoms with van der Waals surface area (Å²) in [5, 5.41) is 26.2. The third-order valence-corrected chi connectivity index (χ3v) is 6.08. The van der Waals surface area contributed by atoms with Crippen LogP contribution in [0, 0.1) is 17.0 Å². The van der Waals surface area contributed by atoms with E-state index in [0.29, 0.717) is 5.56 Å². The number of nitrogens with zero attached hydrogens (tertiary/aromatic N) is 1. The first kappa shape index (κ1) is 38.0. The number of hydrogen-bond acceptors (Lipinski definition) is 11. The maximum absolute atomic E-state index is 13.2. The van der Waals surface area contributed by atoms with Gasteiger partial charge in [0, 0.05) is 18.7 Å². The molecule has 0 spiro atoms. The SMILES string of the molecule is COCCOCOC[C@@H](NC(=O)C(F)(F)F)c1cc(OC)c(C)c(Oc2cc([C@H](CO)NC(=O)OC(C)(C)C)ccc2[N+](=O)[O-])c1. The van der Waals surface area contributed by atoms with Crippen LogP contribution >= 0.6 is 0 Å². The standard InChI is InChI=1S/C29H38F3N3O11/c1-17-23(42-6)12-19(21(33-26(37)29(30,31)32)15-44-16-43-10-9-41-5)13-24(17)45-25-11-18(7-8-22(25)35(39)40)20(14-36)34-27(38)46-28(2,3)4/h7-8,11-13,20-21,36H,9-10,14-16H2,1-6H3,(H,33,37)(H,34,38)/t20-,21+/m0/s1. The lowest BCUT2D eigenvalue weighted by Gasteiger charge is -2.24. The Morgan fingerprint density at radius 1 is 0.957 bits per heavy atom. The Morgan fingerprint density at radius 3 is 2.17 bits per heavy atom. The predicted octanol–water partition coefficient (Wildman–Crippen LogP) is 4.62. The Morgan fingerprint density at radius 2 is 1.61 bits per heavy atom. The van der Waals surface area contributed by atoms with Crippen molar-refractivity contribution in [2.24, 2.45) is 0 Å². The second-order valence-electron chi connectivity index (χ2n) is 10.7. The summed E-state index contributed by atoms with van der Waals surface area (Å²) in [5.74, 6) is -2.52. The van der Waals surface area contributed by atoms with Crippen LogP contribution in [0.2, 0.25) is 0 Å². The van der Waals surface area contributed by atoms with Gasteiger partial charge in [-0.3, -0.25) is 14.9 Å². The summed E-state index contributed by atoms with van der Waals surface area (Å²) in [5.41, 5.74) is -0.770. The number of aliphatic hydroxyl groups is 1. The minimum Gasteiger partial charge on any atom is -0.496 e. The molecule has 46 heavy (non-hydrogen) atoms. The van der Waals surface area contributed by atoms with Crippen molar-refractivity contribution in [3.05, 3.63) is 57.1 Å². The summed E-state index contributed by atoms with van der Waals surface area (Å²) in [6, 6.07) is 3.81. The molecule has 0 aliphatic rings. The van der Waals surface area contributed by atoms with Crippen molar-refractivity contribution in [2.75, 3.05) is 47.4 Å². The molecule has 0 unspecified atom stereocenters. The predicted molar refractivity (Wildman–Crippen MR) is 156 cm³/mol. The molecule has 0 heterocycles. The fraction of sp³-hybridized carbons (Fsp3) is 0.517. The smallest absolute Gasteiger partial charge is 0.471 e. The molecule has 0 saturated carbocycles. The zero-order chi connectivity index (χ0) is 34.7. The molecule has 256 valence electrons. The lowest BCUT2D eigenvalue weighted by atomic mass is 10.0. The zero-order valence-corrected chi connectivity index (χ0v) is 26.2. The number of ether oxygens (including phenoxy) is 6. The van der Waals surface area contributed by atoms with Crippen LogP contribution in [0.1, 0.15) is 49.5 Å². The van der Waals surface area contributed by atoms with Gasteiger partial charge in [-0.2, -0.15) is 13.2 Å². The van der Waals surface area contributed by atoms with E-state index in [1.807, 2.05) is 5.32 Å². The summed E-state index contributed by atoms with van der Waals surface area (Å²) >= 11 is 0. The van der Waals surface area contributed by atoms with Crippen molar-refractivity contribution >= 4 is 17.7 Å². The van der Waals surface area contributed by atoms with E-state index in [4.69, 9.17) is 28.4 Å². The highest BCUT2D eigenvalue weighted by atomic mass is 19.4. The third-order valence-electron chi connectivity index (χ3n) is 6.08. The fourth-order valence-electron chi connectivity index (χ4n) is 3.87. The topological polar surface area (TPSA) is 177 Å². The number of alkyl halides is 3. The van der Waals surface area contributed by atoms with Gasteiger partial charge >= 0.3 is 23.9 Å². The number of methoxy groups -OCH3 is 2. The van der Waals surface area contributed by atoms with Crippen LogP contribution in [0.4, 0.5) is 23.7 Å². The minimum atomic E-state index is -5.21. The van der Waals surface area contributed by atoms with Gasteiger partial charge in [-0.05, 0) is 63.1 Å². The number of benzene rings is 2. The molecule has 0 aliphatic heterocycles. The van der Waals surface area contributed by atoms with E-state index in [9.17, 15) is 38.0 Å². The van der Waals surface area contributed by atoms with Crippen molar-refractivity contribution in [3.8, 4) is 17.2 Å². The molecule has 0 fully saturated rings. The van der Waals surface area contributed by atoms with Crippen molar-refractivity contribution in [3.63, 3.8) is 0 Å². The molecule has 2 atom stereocenters. The number of halogens is 3. The first-order chi connectivity index (χ1) is 21.5. The molecule has 0 bridgehead atoms. The van der Waals surface area contributed by atoms with Gasteiger partial charge in [0.05, 0.1) is 50.5 Å². The molecule has 0 radical (unpaired) electrons. The number of aliphatic hydroxyl groups excluding tert-OH is 1. The minimum absolute atomic E-state index is 0.0468. The highest BCUT2D eigenvalue weighted by molar-refractivity contribution is 5.82. The normalized spacial score (nSPS) is 13.0. The van der Waals surface area contributed by atoms with Crippen LogP contribution in [0.25, 0.3) is 0 Å². The van der Waals surface area contributed by atoms with Gasteiger partial charge in [0.2, 0.25) is 5.75 Å². The molecular weight excluding hydrogens is 623 g/mol. The highest BCUT2D eigenvalue weighted by Crippen LogP contribution is 2.39. The molecule has 14 nitrogen and oxygen atoms in total. The third kappa shape index (κ3) is 11.6. The van der Waals surface area contributed by atoms with Crippen LogP contribution in [0.3, 0.4) is 0 Å². The first-order valence-electron chi connectivity index (χ1n) is 13.8. The van der Waals surface area contributed by atoms with E-state index in [2.05, 4.69) is 5.32 Å². The van der Waals surface area contributed by atoms with Crippen LogP contribution in [0.15, 0.2) is 30.3 Å². The largest absolute Gasteiger partial charge is 0.496 e. The molecule has 2 aromatic rings. The van der Waals surface area contributed by atoms with E-state index in [-0.39, 0.29) is 48.4 Å². The summed E-state index contributed by atoms with van der Waals surface area (Å²) < 4.78 is 71.4. The van der Waals surface area contributed by atoms with Crippen molar-refractivity contribution in [1.82, 2.24) is 10.6 Å². The van der Waals surface area contributed by atoms with Gasteiger partial charge in [-0.15, -0.1) is 0 Å². The van der Waals surface area contributed by atoms with Crippen molar-refractivity contribution < 1.29 is 61.2 Å². The lowest BCUT2D eigenvalue weighted by molar-refractivity contribution is -0.385. The molecular formula is C29H38F3N3O11. The molecule has 2 aromatic carbocycles. The molecule has 2 amide bonds. The van der Waals surface area contributed by atoms with Gasteiger partial charge in [0.25, 0.3) is 0 Å². The van der Waals surface area contributed by atoms with Crippen LogP contribution < -0.4 is 20.1 Å². The number of carbonyl (C=O) groups is 2. The van der Waals surface area contributed by atoms with Crippen LogP contribution in [-0.2, 0) is 23.7 Å². The van der Waals surface area contributed by atoms with Gasteiger partial charge in [-0.25, -0.2) is 4.79 Å². The average molecular weight is 662 g/mol. The molecule has 2 rings (SSSR count). The van der Waals surface area contributed by atoms with Gasteiger partial charge in [0.15, 0.2) is 0 Å². The molecule has 0 aromatic heterocycles. The van der Waals surface area contributed by atoms with Crippen molar-refractivity contribution in [2.45, 2.75) is 51.6 Å². The van der Waals surface area contributed by atoms with Gasteiger partial charge < -0.3 is 44.2 Å². The number of carbonyl (C=O) groups excluding carboxylic acids is 2. The number of nitrogens with one attached hydrogen (secondary N) is 2. The van der Waals surface area contributed by atoms with Crippen molar-refractivity contribution in [1.29, 1.82) is 0 Å². The van der Waals surface area contributed by atoms with Crippen LogP contribution in [0.5, 0.6) is 17.2 Å². The Hall–Kier alpha value is -4.19. The number of nitro groups is 1. The summed E-state index contributed by atoms with van der Waals surface area (Å²) in [7, 11) is 2.74. The Bertz CT molecular complexity index is 1350. The van der Waals surface area contributed by atoms with Gasteiger partial charge in [-0.1, -0.05) is 0 Å². The number of amides is 2. The Kier molecular flexibility index (Phi) is 14.0. The summed E-state index contributed by atoms with van der Waals surface area (Å²) in [6.45, 7) is 5.47. The first-order valence-corrected chi connectivity index (χ1v) is 13.8. The average Bonchev–Trinajstić information content (AvgIpc) is 2.96. The maximum Gasteiger partial charge on any atom is 0.471 e. The maximum atomic E-state index is 13.2. The second-order valence-corrected chi connectivity index (χ2v) is 10.7. The second kappa shape index (κ2) is 16.9. The summed E-state index contributed by atoms with van der Waals surface area (Å²) in [6.07, 6.45) is -6.06. The summed E-state index contributed by atoms with van der Waals surface area (Å²) in [4.78, 5) is 35.4. The fourth-order valence-corrected chi connectivity index (χ4v) is 3.87. The number of hydrogen-bond donors (Lipinski definition) is 3. The Balaban J connectivity index is 2.52. The van der Waals surface area contributed by atoms with Gasteiger partial charge in [0.1, 0.15) is 23.9 Å². The monoisotopic (exact) mass is 661 g/mol. The molecule has 17 heteroatoms.